The molecule has 0 aliphatic rings. The first-order valence-electron chi connectivity index (χ1n) is 5.87. The predicted molar refractivity (Wildman–Crippen MR) is 74.1 cm³/mol. The number of sulfonamides is 1. The van der Waals surface area contributed by atoms with E-state index in [0.29, 0.717) is 11.3 Å². The van der Waals surface area contributed by atoms with Gasteiger partial charge in [-0.25, -0.2) is 9.37 Å². The highest BCUT2D eigenvalue weighted by molar-refractivity contribution is 7.92. The molecule has 0 atom stereocenters. The van der Waals surface area contributed by atoms with Gasteiger partial charge in [-0.2, -0.15) is 8.42 Å². The molecule has 0 aliphatic heterocycles. The van der Waals surface area contributed by atoms with E-state index in [1.807, 2.05) is 0 Å². The number of anilines is 1. The van der Waals surface area contributed by atoms with Crippen LogP contribution in [0.4, 0.5) is 10.1 Å². The zero-order valence-corrected chi connectivity index (χ0v) is 11.6. The van der Waals surface area contributed by atoms with Crippen LogP contribution in [0.1, 0.15) is 11.1 Å². The monoisotopic (exact) mass is 295 g/mol. The van der Waals surface area contributed by atoms with Crippen LogP contribution in [0, 0.1) is 12.7 Å². The maximum atomic E-state index is 13.5. The second-order valence-electron chi connectivity index (χ2n) is 4.25. The van der Waals surface area contributed by atoms with E-state index in [1.165, 1.54) is 12.3 Å². The van der Waals surface area contributed by atoms with E-state index in [1.54, 1.807) is 25.1 Å². The first-order valence-corrected chi connectivity index (χ1v) is 7.35. The van der Waals surface area contributed by atoms with Crippen LogP contribution in [-0.4, -0.2) is 13.4 Å². The average Bonchev–Trinajstić information content (AvgIpc) is 2.41. The maximum Gasteiger partial charge on any atom is 0.282 e. The standard InChI is InChI=1S/C13H14FN3O2S/c1-9-4-5-10(8-15)7-12(9)17-20(18,19)13-11(14)3-2-6-16-13/h2-7,17H,8,15H2,1H3. The number of pyridine rings is 1. The summed E-state index contributed by atoms with van der Waals surface area (Å²) in [7, 11) is -4.07. The molecule has 0 aliphatic carbocycles. The van der Waals surface area contributed by atoms with Crippen LogP contribution in [-0.2, 0) is 16.6 Å². The van der Waals surface area contributed by atoms with Crippen molar-refractivity contribution in [1.82, 2.24) is 4.98 Å². The summed E-state index contributed by atoms with van der Waals surface area (Å²) in [6.45, 7) is 2.03. The molecule has 0 spiro atoms. The number of rotatable bonds is 4. The molecule has 1 aromatic carbocycles. The van der Waals surface area contributed by atoms with E-state index in [2.05, 4.69) is 9.71 Å². The van der Waals surface area contributed by atoms with E-state index in [-0.39, 0.29) is 6.54 Å². The van der Waals surface area contributed by atoms with Gasteiger partial charge in [-0.1, -0.05) is 12.1 Å². The van der Waals surface area contributed by atoms with Gasteiger partial charge in [0.15, 0.2) is 5.82 Å². The molecule has 1 aromatic heterocycles. The molecule has 0 saturated carbocycles. The Bertz CT molecular complexity index is 732. The number of aryl methyl sites for hydroxylation is 1. The van der Waals surface area contributed by atoms with Gasteiger partial charge >= 0.3 is 0 Å². The summed E-state index contributed by atoms with van der Waals surface area (Å²) < 4.78 is 40.1. The van der Waals surface area contributed by atoms with Crippen LogP contribution >= 0.6 is 0 Å². The molecule has 0 saturated heterocycles. The molecule has 0 unspecified atom stereocenters. The summed E-state index contributed by atoms with van der Waals surface area (Å²) >= 11 is 0. The fraction of sp³-hybridized carbons (Fsp3) is 0.154. The number of halogens is 1. The van der Waals surface area contributed by atoms with Crippen molar-refractivity contribution in [3.63, 3.8) is 0 Å². The third-order valence-electron chi connectivity index (χ3n) is 2.76. The van der Waals surface area contributed by atoms with Crippen molar-refractivity contribution in [3.05, 3.63) is 53.5 Å². The SMILES string of the molecule is Cc1ccc(CN)cc1NS(=O)(=O)c1ncccc1F. The summed E-state index contributed by atoms with van der Waals surface area (Å²) in [5.74, 6) is -0.896. The summed E-state index contributed by atoms with van der Waals surface area (Å²) in [6, 6.07) is 7.54. The highest BCUT2D eigenvalue weighted by Crippen LogP contribution is 2.21. The van der Waals surface area contributed by atoms with Crippen molar-refractivity contribution in [2.75, 3.05) is 4.72 Å². The summed E-state index contributed by atoms with van der Waals surface area (Å²) in [5.41, 5.74) is 7.36. The van der Waals surface area contributed by atoms with Gasteiger partial charge in [-0.3, -0.25) is 4.72 Å². The zero-order chi connectivity index (χ0) is 14.8. The molecule has 20 heavy (non-hydrogen) atoms. The molecule has 2 rings (SSSR count). The molecule has 3 N–H and O–H groups in total. The third-order valence-corrected chi connectivity index (χ3v) is 4.06. The van der Waals surface area contributed by atoms with E-state index in [0.717, 1.165) is 11.6 Å². The molecule has 5 nitrogen and oxygen atoms in total. The van der Waals surface area contributed by atoms with Crippen molar-refractivity contribution in [2.24, 2.45) is 5.73 Å². The Kier molecular flexibility index (Phi) is 4.01. The molecule has 0 amide bonds. The number of nitrogens with zero attached hydrogens (tertiary/aromatic N) is 1. The van der Waals surface area contributed by atoms with Gasteiger partial charge < -0.3 is 5.73 Å². The van der Waals surface area contributed by atoms with E-state index < -0.39 is 20.9 Å². The predicted octanol–water partition coefficient (Wildman–Crippen LogP) is 1.79. The lowest BCUT2D eigenvalue weighted by molar-refractivity contribution is 0.557. The Morgan fingerprint density at radius 1 is 1.35 bits per heavy atom. The summed E-state index contributed by atoms with van der Waals surface area (Å²) in [5, 5.41) is -0.627. The van der Waals surface area contributed by atoms with Gasteiger partial charge in [0.25, 0.3) is 10.0 Å². The van der Waals surface area contributed by atoms with Crippen molar-refractivity contribution in [1.29, 1.82) is 0 Å². The first kappa shape index (κ1) is 14.4. The largest absolute Gasteiger partial charge is 0.326 e. The first-order chi connectivity index (χ1) is 9.44. The average molecular weight is 295 g/mol. The van der Waals surface area contributed by atoms with E-state index in [4.69, 9.17) is 5.73 Å². The minimum atomic E-state index is -4.07. The van der Waals surface area contributed by atoms with Crippen LogP contribution in [0.25, 0.3) is 0 Å². The van der Waals surface area contributed by atoms with Crippen LogP contribution in [0.5, 0.6) is 0 Å². The minimum absolute atomic E-state index is 0.285. The van der Waals surface area contributed by atoms with Gasteiger partial charge in [0.1, 0.15) is 0 Å². The summed E-state index contributed by atoms with van der Waals surface area (Å²) in [4.78, 5) is 3.57. The van der Waals surface area contributed by atoms with Crippen molar-refractivity contribution >= 4 is 15.7 Å². The van der Waals surface area contributed by atoms with Crippen molar-refractivity contribution in [2.45, 2.75) is 18.5 Å². The van der Waals surface area contributed by atoms with Crippen LogP contribution in [0.2, 0.25) is 0 Å². The normalized spacial score (nSPS) is 11.3. The Balaban J connectivity index is 2.41. The lowest BCUT2D eigenvalue weighted by Gasteiger charge is -2.11. The number of hydrogen-bond donors (Lipinski definition) is 2. The third kappa shape index (κ3) is 2.94. The fourth-order valence-electron chi connectivity index (χ4n) is 1.67. The number of hydrogen-bond acceptors (Lipinski definition) is 4. The van der Waals surface area contributed by atoms with Crippen LogP contribution in [0.3, 0.4) is 0 Å². The van der Waals surface area contributed by atoms with Gasteiger partial charge in [0.2, 0.25) is 5.03 Å². The molecular formula is C13H14FN3O2S. The molecule has 106 valence electrons. The number of aromatic nitrogens is 1. The van der Waals surface area contributed by atoms with Crippen molar-refractivity contribution in [3.8, 4) is 0 Å². The lowest BCUT2D eigenvalue weighted by atomic mass is 10.1. The Morgan fingerprint density at radius 3 is 2.75 bits per heavy atom. The molecular weight excluding hydrogens is 281 g/mol. The van der Waals surface area contributed by atoms with E-state index in [9.17, 15) is 12.8 Å². The molecule has 0 bridgehead atoms. The second-order valence-corrected chi connectivity index (χ2v) is 5.85. The van der Waals surface area contributed by atoms with E-state index >= 15 is 0 Å². The Labute approximate surface area is 116 Å². The van der Waals surface area contributed by atoms with Gasteiger partial charge in [-0.15, -0.1) is 0 Å². The minimum Gasteiger partial charge on any atom is -0.326 e. The molecule has 2 aromatic rings. The molecule has 0 radical (unpaired) electrons. The highest BCUT2D eigenvalue weighted by Gasteiger charge is 2.21. The Morgan fingerprint density at radius 2 is 2.10 bits per heavy atom. The molecule has 1 heterocycles. The van der Waals surface area contributed by atoms with Gasteiger partial charge in [-0.05, 0) is 36.2 Å². The fourth-order valence-corrected chi connectivity index (χ4v) is 2.80. The topological polar surface area (TPSA) is 85.1 Å². The lowest BCUT2D eigenvalue weighted by Crippen LogP contribution is -2.17. The smallest absolute Gasteiger partial charge is 0.282 e. The molecule has 0 fully saturated rings. The summed E-state index contributed by atoms with van der Waals surface area (Å²) in [6.07, 6.45) is 1.22. The van der Waals surface area contributed by atoms with Crippen LogP contribution < -0.4 is 10.5 Å². The maximum absolute atomic E-state index is 13.5. The quantitative estimate of drug-likeness (QED) is 0.900. The number of nitrogens with two attached hydrogens (primary N) is 1. The second kappa shape index (κ2) is 5.56. The van der Waals surface area contributed by atoms with Gasteiger partial charge in [0.05, 0.1) is 5.69 Å². The molecule has 7 heteroatoms. The number of benzene rings is 1. The van der Waals surface area contributed by atoms with Crippen molar-refractivity contribution < 1.29 is 12.8 Å². The Hall–Kier alpha value is -1.99. The zero-order valence-electron chi connectivity index (χ0n) is 10.8. The highest BCUT2D eigenvalue weighted by atomic mass is 32.2. The number of nitrogens with one attached hydrogen (secondary N) is 1. The van der Waals surface area contributed by atoms with Gasteiger partial charge in [0, 0.05) is 12.7 Å². The van der Waals surface area contributed by atoms with Crippen LogP contribution in [0.15, 0.2) is 41.6 Å².